The van der Waals surface area contributed by atoms with Gasteiger partial charge in [-0.2, -0.15) is 13.9 Å². The average molecular weight is 408 g/mol. The van der Waals surface area contributed by atoms with Crippen LogP contribution in [0.4, 0.5) is 8.78 Å². The number of aromatic nitrogens is 5. The van der Waals surface area contributed by atoms with Gasteiger partial charge in [0.05, 0.1) is 4.47 Å². The number of fused-ring (bicyclic) bond motifs is 1. The highest BCUT2D eigenvalue weighted by atomic mass is 79.9. The molecule has 0 N–H and O–H groups in total. The predicted octanol–water partition coefficient (Wildman–Crippen LogP) is 3.81. The van der Waals surface area contributed by atoms with Crippen LogP contribution >= 0.6 is 15.9 Å². The van der Waals surface area contributed by atoms with Gasteiger partial charge in [0.15, 0.2) is 11.3 Å². The van der Waals surface area contributed by atoms with E-state index >= 15 is 0 Å². The second-order valence-electron chi connectivity index (χ2n) is 4.92. The smallest absolute Gasteiger partial charge is 0.387 e. The standard InChI is InChI=1S/C15H8BrF2N5O2/c16-9-6-19-12-5-11(22-23(12)7-9)14-21-20-13(25-14)8-1-3-10(4-2-8)24-15(17)18/h1-7,15H. The van der Waals surface area contributed by atoms with E-state index in [1.807, 2.05) is 0 Å². The number of hydrogen-bond donors (Lipinski definition) is 0. The summed E-state index contributed by atoms with van der Waals surface area (Å²) in [6.45, 7) is -2.87. The Balaban J connectivity index is 1.62. The van der Waals surface area contributed by atoms with Gasteiger partial charge in [0.2, 0.25) is 5.89 Å². The summed E-state index contributed by atoms with van der Waals surface area (Å²) >= 11 is 3.32. The summed E-state index contributed by atoms with van der Waals surface area (Å²) in [6.07, 6.45) is 3.41. The summed E-state index contributed by atoms with van der Waals surface area (Å²) in [4.78, 5) is 4.21. The molecule has 0 saturated carbocycles. The molecule has 0 aliphatic heterocycles. The Hall–Kier alpha value is -2.88. The van der Waals surface area contributed by atoms with Gasteiger partial charge >= 0.3 is 6.61 Å². The third kappa shape index (κ3) is 3.20. The van der Waals surface area contributed by atoms with E-state index in [2.05, 4.69) is 40.9 Å². The molecule has 0 saturated heterocycles. The summed E-state index contributed by atoms with van der Waals surface area (Å²) < 4.78 is 36.6. The molecule has 0 radical (unpaired) electrons. The topological polar surface area (TPSA) is 78.3 Å². The van der Waals surface area contributed by atoms with Gasteiger partial charge in [-0.15, -0.1) is 10.2 Å². The van der Waals surface area contributed by atoms with Crippen molar-refractivity contribution in [2.75, 3.05) is 0 Å². The molecular weight excluding hydrogens is 400 g/mol. The van der Waals surface area contributed by atoms with E-state index in [0.29, 0.717) is 16.9 Å². The molecule has 0 bridgehead atoms. The van der Waals surface area contributed by atoms with Crippen LogP contribution < -0.4 is 4.74 Å². The number of rotatable bonds is 4. The molecule has 3 aromatic heterocycles. The average Bonchev–Trinajstić information content (AvgIpc) is 3.21. The molecule has 126 valence electrons. The largest absolute Gasteiger partial charge is 0.435 e. The fourth-order valence-electron chi connectivity index (χ4n) is 2.18. The van der Waals surface area contributed by atoms with Gasteiger partial charge in [0.25, 0.3) is 5.89 Å². The van der Waals surface area contributed by atoms with E-state index in [-0.39, 0.29) is 17.5 Å². The van der Waals surface area contributed by atoms with Crippen molar-refractivity contribution in [2.24, 2.45) is 0 Å². The number of ether oxygens (including phenoxy) is 1. The van der Waals surface area contributed by atoms with Crippen LogP contribution in [0.5, 0.6) is 5.75 Å². The molecule has 0 spiro atoms. The minimum atomic E-state index is -2.87. The van der Waals surface area contributed by atoms with Crippen LogP contribution in [0, 0.1) is 0 Å². The molecule has 0 aliphatic rings. The Bertz CT molecular complexity index is 1030. The third-order valence-corrected chi connectivity index (χ3v) is 3.66. The fraction of sp³-hybridized carbons (Fsp3) is 0.0667. The van der Waals surface area contributed by atoms with Crippen LogP contribution in [0.1, 0.15) is 0 Å². The summed E-state index contributed by atoms with van der Waals surface area (Å²) in [5, 5.41) is 12.2. The first kappa shape index (κ1) is 15.6. The SMILES string of the molecule is FC(F)Oc1ccc(-c2nnc(-c3cc4ncc(Br)cn4n3)o2)cc1. The van der Waals surface area contributed by atoms with Crippen molar-refractivity contribution >= 4 is 21.6 Å². The number of hydrogen-bond acceptors (Lipinski definition) is 6. The zero-order valence-electron chi connectivity index (χ0n) is 12.3. The van der Waals surface area contributed by atoms with Crippen LogP contribution in [-0.4, -0.2) is 31.4 Å². The molecule has 25 heavy (non-hydrogen) atoms. The first-order valence-electron chi connectivity index (χ1n) is 6.98. The Morgan fingerprint density at radius 3 is 2.64 bits per heavy atom. The number of halogens is 3. The lowest BCUT2D eigenvalue weighted by Gasteiger charge is -2.03. The normalized spacial score (nSPS) is 11.4. The van der Waals surface area contributed by atoms with Crippen molar-refractivity contribution < 1.29 is 17.9 Å². The monoisotopic (exact) mass is 407 g/mol. The number of alkyl halides is 2. The Morgan fingerprint density at radius 2 is 1.88 bits per heavy atom. The van der Waals surface area contributed by atoms with Gasteiger partial charge in [0, 0.05) is 24.0 Å². The van der Waals surface area contributed by atoms with Crippen molar-refractivity contribution in [3.05, 3.63) is 47.2 Å². The van der Waals surface area contributed by atoms with Gasteiger partial charge in [-0.05, 0) is 40.2 Å². The molecule has 4 aromatic rings. The zero-order chi connectivity index (χ0) is 17.4. The molecule has 4 rings (SSSR count). The molecule has 0 amide bonds. The van der Waals surface area contributed by atoms with E-state index in [0.717, 1.165) is 4.47 Å². The summed E-state index contributed by atoms with van der Waals surface area (Å²) in [7, 11) is 0. The number of nitrogens with zero attached hydrogens (tertiary/aromatic N) is 5. The van der Waals surface area contributed by atoms with E-state index in [4.69, 9.17) is 4.42 Å². The van der Waals surface area contributed by atoms with E-state index in [9.17, 15) is 8.78 Å². The van der Waals surface area contributed by atoms with Crippen LogP contribution in [0.15, 0.2) is 51.6 Å². The molecule has 0 atom stereocenters. The van der Waals surface area contributed by atoms with Crippen LogP contribution in [0.2, 0.25) is 0 Å². The van der Waals surface area contributed by atoms with Gasteiger partial charge in [0.1, 0.15) is 5.75 Å². The maximum Gasteiger partial charge on any atom is 0.387 e. The maximum absolute atomic E-state index is 12.2. The minimum absolute atomic E-state index is 0.0514. The number of benzene rings is 1. The van der Waals surface area contributed by atoms with Crippen molar-refractivity contribution in [3.8, 4) is 28.8 Å². The van der Waals surface area contributed by atoms with Gasteiger partial charge < -0.3 is 9.15 Å². The summed E-state index contributed by atoms with van der Waals surface area (Å²) in [6, 6.07) is 7.62. The first-order valence-corrected chi connectivity index (χ1v) is 7.78. The lowest BCUT2D eigenvalue weighted by Crippen LogP contribution is -2.01. The Morgan fingerprint density at radius 1 is 1.12 bits per heavy atom. The minimum Gasteiger partial charge on any atom is -0.435 e. The lowest BCUT2D eigenvalue weighted by atomic mass is 10.2. The Kier molecular flexibility index (Phi) is 3.88. The van der Waals surface area contributed by atoms with E-state index in [1.54, 1.807) is 35.1 Å². The van der Waals surface area contributed by atoms with Crippen LogP contribution in [-0.2, 0) is 0 Å². The summed E-state index contributed by atoms with van der Waals surface area (Å²) in [5.41, 5.74) is 1.68. The highest BCUT2D eigenvalue weighted by Gasteiger charge is 2.15. The third-order valence-electron chi connectivity index (χ3n) is 3.25. The molecule has 0 fully saturated rings. The Labute approximate surface area is 147 Å². The molecule has 3 heterocycles. The van der Waals surface area contributed by atoms with E-state index < -0.39 is 6.61 Å². The molecule has 1 aromatic carbocycles. The van der Waals surface area contributed by atoms with Gasteiger partial charge in [-0.25, -0.2) is 9.50 Å². The van der Waals surface area contributed by atoms with Crippen molar-refractivity contribution in [2.45, 2.75) is 6.61 Å². The highest BCUT2D eigenvalue weighted by Crippen LogP contribution is 2.26. The van der Waals surface area contributed by atoms with Crippen molar-refractivity contribution in [3.63, 3.8) is 0 Å². The second-order valence-corrected chi connectivity index (χ2v) is 5.84. The van der Waals surface area contributed by atoms with Gasteiger partial charge in [-0.3, -0.25) is 0 Å². The summed E-state index contributed by atoms with van der Waals surface area (Å²) in [5.74, 6) is 0.518. The first-order chi connectivity index (χ1) is 12.1. The quantitative estimate of drug-likeness (QED) is 0.511. The van der Waals surface area contributed by atoms with E-state index in [1.165, 1.54) is 12.1 Å². The van der Waals surface area contributed by atoms with Crippen LogP contribution in [0.3, 0.4) is 0 Å². The predicted molar refractivity (Wildman–Crippen MR) is 86.0 cm³/mol. The van der Waals surface area contributed by atoms with Crippen LogP contribution in [0.25, 0.3) is 28.7 Å². The molecule has 7 nitrogen and oxygen atoms in total. The maximum atomic E-state index is 12.2. The fourth-order valence-corrected chi connectivity index (χ4v) is 2.48. The molecule has 0 aliphatic carbocycles. The van der Waals surface area contributed by atoms with Crippen molar-refractivity contribution in [1.82, 2.24) is 24.8 Å². The van der Waals surface area contributed by atoms with Gasteiger partial charge in [-0.1, -0.05) is 0 Å². The second kappa shape index (κ2) is 6.20. The highest BCUT2D eigenvalue weighted by molar-refractivity contribution is 9.10. The molecule has 0 unspecified atom stereocenters. The zero-order valence-corrected chi connectivity index (χ0v) is 13.9. The molecule has 10 heteroatoms. The molecular formula is C15H8BrF2N5O2. The van der Waals surface area contributed by atoms with Crippen molar-refractivity contribution in [1.29, 1.82) is 0 Å². The lowest BCUT2D eigenvalue weighted by molar-refractivity contribution is -0.0498.